The first kappa shape index (κ1) is 24.7. The smallest absolute Gasteiger partial charge is 0.230 e. The van der Waals surface area contributed by atoms with Crippen molar-refractivity contribution in [3.8, 4) is 0 Å². The Morgan fingerprint density at radius 2 is 1.88 bits per heavy atom. The maximum absolute atomic E-state index is 12.4. The van der Waals surface area contributed by atoms with Crippen LogP contribution in [0, 0.1) is 5.92 Å². The third-order valence-corrected chi connectivity index (χ3v) is 4.38. The van der Waals surface area contributed by atoms with Crippen molar-refractivity contribution in [3.05, 3.63) is 24.3 Å². The highest BCUT2D eigenvalue weighted by molar-refractivity contribution is 5.93. The summed E-state index contributed by atoms with van der Waals surface area (Å²) in [6.07, 6.45) is 0. The fraction of sp³-hybridized carbons (Fsp3) is 0.556. The first-order valence-electron chi connectivity index (χ1n) is 8.73. The van der Waals surface area contributed by atoms with Crippen LogP contribution < -0.4 is 10.6 Å². The van der Waals surface area contributed by atoms with Crippen molar-refractivity contribution < 1.29 is 4.79 Å². The molecule has 0 aliphatic carbocycles. The first-order valence-corrected chi connectivity index (χ1v) is 8.73. The van der Waals surface area contributed by atoms with Crippen molar-refractivity contribution in [2.24, 2.45) is 5.92 Å². The summed E-state index contributed by atoms with van der Waals surface area (Å²) in [4.78, 5) is 19.3. The zero-order chi connectivity index (χ0) is 17.5. The second-order valence-electron chi connectivity index (χ2n) is 6.05. The molecule has 2 rings (SSSR count). The van der Waals surface area contributed by atoms with E-state index in [4.69, 9.17) is 0 Å². The number of rotatable bonds is 9. The summed E-state index contributed by atoms with van der Waals surface area (Å²) in [7, 11) is 1.85. The molecule has 0 saturated heterocycles. The summed E-state index contributed by atoms with van der Waals surface area (Å²) in [5.74, 6) is 0.520. The second kappa shape index (κ2) is 12.1. The van der Waals surface area contributed by atoms with Crippen LogP contribution in [0.25, 0.3) is 11.0 Å². The SMILES string of the molecule is CCN(CC)CCn1c(NC(=O)C(C)CNC)nc2ccccc21.Cl.Cl. The van der Waals surface area contributed by atoms with Gasteiger partial charge in [0.2, 0.25) is 11.9 Å². The standard InChI is InChI=1S/C18H29N5O.2ClH/c1-5-22(6-2)11-12-23-16-10-8-7-9-15(16)20-18(23)21-17(24)14(3)13-19-4;;/h7-10,14,19H,5-6,11-13H2,1-4H3,(H,20,21,24);2*1H. The average molecular weight is 404 g/mol. The summed E-state index contributed by atoms with van der Waals surface area (Å²) in [6, 6.07) is 8.01. The molecule has 0 spiro atoms. The molecular formula is C18H31Cl2N5O. The molecule has 0 aliphatic rings. The Kier molecular flexibility index (Phi) is 11.5. The Bertz CT molecular complexity index is 673. The fourth-order valence-corrected chi connectivity index (χ4v) is 2.81. The number of hydrogen-bond acceptors (Lipinski definition) is 4. The molecule has 2 N–H and O–H groups in total. The second-order valence-corrected chi connectivity index (χ2v) is 6.05. The zero-order valence-corrected chi connectivity index (χ0v) is 17.6. The quantitative estimate of drug-likeness (QED) is 0.675. The van der Waals surface area contributed by atoms with Gasteiger partial charge in [-0.15, -0.1) is 24.8 Å². The van der Waals surface area contributed by atoms with Gasteiger partial charge in [0, 0.05) is 25.6 Å². The van der Waals surface area contributed by atoms with Crippen LogP contribution in [-0.4, -0.2) is 53.6 Å². The van der Waals surface area contributed by atoms with Gasteiger partial charge in [-0.25, -0.2) is 4.98 Å². The summed E-state index contributed by atoms with van der Waals surface area (Å²) < 4.78 is 2.11. The van der Waals surface area contributed by atoms with Crippen LogP contribution >= 0.6 is 24.8 Å². The monoisotopic (exact) mass is 403 g/mol. The Morgan fingerprint density at radius 3 is 2.50 bits per heavy atom. The number of likely N-dealkylation sites (N-methyl/N-ethyl adjacent to an activating group) is 1. The number of imidazole rings is 1. The molecule has 0 bridgehead atoms. The van der Waals surface area contributed by atoms with E-state index in [0.717, 1.165) is 37.2 Å². The lowest BCUT2D eigenvalue weighted by Crippen LogP contribution is -2.31. The van der Waals surface area contributed by atoms with E-state index < -0.39 is 0 Å². The topological polar surface area (TPSA) is 62.2 Å². The number of nitrogens with zero attached hydrogens (tertiary/aromatic N) is 3. The van der Waals surface area contributed by atoms with E-state index in [2.05, 4.69) is 45.0 Å². The van der Waals surface area contributed by atoms with Crippen molar-refractivity contribution in [3.63, 3.8) is 0 Å². The van der Waals surface area contributed by atoms with E-state index >= 15 is 0 Å². The molecule has 6 nitrogen and oxygen atoms in total. The predicted octanol–water partition coefficient (Wildman–Crippen LogP) is 3.02. The zero-order valence-electron chi connectivity index (χ0n) is 16.0. The highest BCUT2D eigenvalue weighted by Gasteiger charge is 2.17. The van der Waals surface area contributed by atoms with E-state index in [0.29, 0.717) is 12.5 Å². The van der Waals surface area contributed by atoms with E-state index in [9.17, 15) is 4.79 Å². The lowest BCUT2D eigenvalue weighted by molar-refractivity contribution is -0.119. The number of carbonyl (C=O) groups is 1. The Morgan fingerprint density at radius 1 is 1.23 bits per heavy atom. The number of para-hydroxylation sites is 2. The van der Waals surface area contributed by atoms with Crippen molar-refractivity contribution in [2.45, 2.75) is 27.3 Å². The van der Waals surface area contributed by atoms with E-state index in [1.165, 1.54) is 0 Å². The summed E-state index contributed by atoms with van der Waals surface area (Å²) >= 11 is 0. The van der Waals surface area contributed by atoms with Gasteiger partial charge in [0.15, 0.2) is 0 Å². The minimum atomic E-state index is -0.106. The molecule has 0 saturated carbocycles. The summed E-state index contributed by atoms with van der Waals surface area (Å²) in [5.41, 5.74) is 1.97. The van der Waals surface area contributed by atoms with E-state index in [1.54, 1.807) is 0 Å². The Hall–Kier alpha value is -1.34. The van der Waals surface area contributed by atoms with Gasteiger partial charge < -0.3 is 14.8 Å². The van der Waals surface area contributed by atoms with Crippen LogP contribution in [0.1, 0.15) is 20.8 Å². The predicted molar refractivity (Wildman–Crippen MR) is 114 cm³/mol. The largest absolute Gasteiger partial charge is 0.319 e. The molecule has 1 aromatic carbocycles. The first-order chi connectivity index (χ1) is 11.6. The number of benzene rings is 1. The van der Waals surface area contributed by atoms with Gasteiger partial charge in [-0.1, -0.05) is 32.9 Å². The van der Waals surface area contributed by atoms with E-state index in [-0.39, 0.29) is 36.6 Å². The number of halogens is 2. The van der Waals surface area contributed by atoms with Gasteiger partial charge in [-0.3, -0.25) is 10.1 Å². The number of nitrogens with one attached hydrogen (secondary N) is 2. The van der Waals surface area contributed by atoms with Gasteiger partial charge in [0.05, 0.1) is 11.0 Å². The van der Waals surface area contributed by atoms with Crippen LogP contribution in [0.2, 0.25) is 0 Å². The Balaban J connectivity index is 0.00000312. The van der Waals surface area contributed by atoms with Crippen molar-refractivity contribution in [1.82, 2.24) is 19.8 Å². The lowest BCUT2D eigenvalue weighted by atomic mass is 10.1. The van der Waals surface area contributed by atoms with Crippen LogP contribution in [0.15, 0.2) is 24.3 Å². The fourth-order valence-electron chi connectivity index (χ4n) is 2.81. The van der Waals surface area contributed by atoms with Crippen LogP contribution in [-0.2, 0) is 11.3 Å². The Labute approximate surface area is 168 Å². The minimum absolute atomic E-state index is 0. The maximum Gasteiger partial charge on any atom is 0.230 e. The van der Waals surface area contributed by atoms with Crippen LogP contribution in [0.3, 0.4) is 0 Å². The number of hydrogen-bond donors (Lipinski definition) is 2. The molecule has 1 unspecified atom stereocenters. The molecule has 8 heteroatoms. The average Bonchev–Trinajstić information content (AvgIpc) is 2.93. The number of anilines is 1. The molecule has 1 aromatic heterocycles. The van der Waals surface area contributed by atoms with Crippen molar-refractivity contribution in [2.75, 3.05) is 38.5 Å². The van der Waals surface area contributed by atoms with Gasteiger partial charge in [-0.2, -0.15) is 0 Å². The van der Waals surface area contributed by atoms with Gasteiger partial charge in [0.25, 0.3) is 0 Å². The normalized spacial score (nSPS) is 11.7. The number of carbonyl (C=O) groups excluding carboxylic acids is 1. The van der Waals surface area contributed by atoms with Gasteiger partial charge >= 0.3 is 0 Å². The van der Waals surface area contributed by atoms with E-state index in [1.807, 2.05) is 32.2 Å². The molecule has 2 aromatic rings. The summed E-state index contributed by atoms with van der Waals surface area (Å²) in [5, 5.41) is 6.03. The number of aromatic nitrogens is 2. The maximum atomic E-state index is 12.4. The molecule has 26 heavy (non-hydrogen) atoms. The highest BCUT2D eigenvalue weighted by atomic mass is 35.5. The molecule has 0 radical (unpaired) electrons. The van der Waals surface area contributed by atoms with Crippen molar-refractivity contribution in [1.29, 1.82) is 0 Å². The molecule has 0 aliphatic heterocycles. The summed E-state index contributed by atoms with van der Waals surface area (Å²) in [6.45, 7) is 10.7. The molecule has 1 heterocycles. The van der Waals surface area contributed by atoms with Crippen LogP contribution in [0.4, 0.5) is 5.95 Å². The third kappa shape index (κ3) is 6.13. The molecule has 148 valence electrons. The number of fused-ring (bicyclic) bond motifs is 1. The van der Waals surface area contributed by atoms with Crippen molar-refractivity contribution >= 4 is 47.7 Å². The molecular weight excluding hydrogens is 373 g/mol. The van der Waals surface area contributed by atoms with Crippen LogP contribution in [0.5, 0.6) is 0 Å². The molecule has 1 amide bonds. The highest BCUT2D eigenvalue weighted by Crippen LogP contribution is 2.20. The minimum Gasteiger partial charge on any atom is -0.319 e. The third-order valence-electron chi connectivity index (χ3n) is 4.38. The molecule has 1 atom stereocenters. The van der Waals surface area contributed by atoms with Gasteiger partial charge in [-0.05, 0) is 32.3 Å². The van der Waals surface area contributed by atoms with Gasteiger partial charge in [0.1, 0.15) is 0 Å². The molecule has 0 fully saturated rings. The lowest BCUT2D eigenvalue weighted by Gasteiger charge is -2.19. The number of amides is 1.